The summed E-state index contributed by atoms with van der Waals surface area (Å²) in [5.41, 5.74) is -0.131. The van der Waals surface area contributed by atoms with Crippen LogP contribution in [0.25, 0.3) is 11.5 Å². The van der Waals surface area contributed by atoms with Gasteiger partial charge in [-0.3, -0.25) is 0 Å². The fraction of sp³-hybridized carbons (Fsp3) is 0.143. The molecule has 2 heterocycles. The monoisotopic (exact) mass is 321 g/mol. The number of hydrogen-bond donors (Lipinski definition) is 1. The van der Waals surface area contributed by atoms with Crippen molar-refractivity contribution in [3.8, 4) is 11.5 Å². The van der Waals surface area contributed by atoms with Gasteiger partial charge in [-0.1, -0.05) is 11.2 Å². The Morgan fingerprint density at radius 3 is 2.74 bits per heavy atom. The lowest BCUT2D eigenvalue weighted by molar-refractivity contribution is -0.137. The van der Waals surface area contributed by atoms with Crippen LogP contribution in [0.5, 0.6) is 0 Å². The van der Waals surface area contributed by atoms with E-state index in [0.717, 1.165) is 12.1 Å². The standard InChI is InChI=1S/C14H10F3N5O/c1-8-20-13(23-22-8)11-6-18-7-19-12(11)21-10-4-2-3-9(5-10)14(15,16)17/h2-7H,1H3,(H,18,19,21). The van der Waals surface area contributed by atoms with Crippen LogP contribution in [0.15, 0.2) is 41.3 Å². The first-order chi connectivity index (χ1) is 10.9. The second kappa shape index (κ2) is 5.67. The summed E-state index contributed by atoms with van der Waals surface area (Å²) < 4.78 is 43.3. The number of benzene rings is 1. The maximum absolute atomic E-state index is 12.8. The number of aryl methyl sites for hydroxylation is 1. The van der Waals surface area contributed by atoms with Crippen molar-refractivity contribution < 1.29 is 17.7 Å². The Kier molecular flexibility index (Phi) is 3.68. The molecule has 0 fully saturated rings. The summed E-state index contributed by atoms with van der Waals surface area (Å²) in [5.74, 6) is 0.870. The highest BCUT2D eigenvalue weighted by molar-refractivity contribution is 5.72. The molecule has 0 bridgehead atoms. The van der Waals surface area contributed by atoms with E-state index in [1.54, 1.807) is 6.92 Å². The van der Waals surface area contributed by atoms with Crippen molar-refractivity contribution in [1.29, 1.82) is 0 Å². The van der Waals surface area contributed by atoms with Gasteiger partial charge in [0.2, 0.25) is 0 Å². The first-order valence-electron chi connectivity index (χ1n) is 6.48. The van der Waals surface area contributed by atoms with Crippen LogP contribution in [-0.4, -0.2) is 20.1 Å². The summed E-state index contributed by atoms with van der Waals surface area (Å²) in [6, 6.07) is 4.79. The summed E-state index contributed by atoms with van der Waals surface area (Å²) in [7, 11) is 0. The second-order valence-corrected chi connectivity index (χ2v) is 4.64. The fourth-order valence-corrected chi connectivity index (χ4v) is 1.90. The molecular weight excluding hydrogens is 311 g/mol. The van der Waals surface area contributed by atoms with Crippen molar-refractivity contribution in [2.45, 2.75) is 13.1 Å². The van der Waals surface area contributed by atoms with Crippen molar-refractivity contribution in [2.24, 2.45) is 0 Å². The van der Waals surface area contributed by atoms with Gasteiger partial charge in [-0.05, 0) is 25.1 Å². The molecule has 6 nitrogen and oxygen atoms in total. The maximum atomic E-state index is 12.8. The number of hydrogen-bond acceptors (Lipinski definition) is 6. The van der Waals surface area contributed by atoms with Crippen LogP contribution in [0.2, 0.25) is 0 Å². The molecule has 2 aromatic heterocycles. The van der Waals surface area contributed by atoms with E-state index in [9.17, 15) is 13.2 Å². The number of nitrogens with zero attached hydrogens (tertiary/aromatic N) is 4. The average Bonchev–Trinajstić information content (AvgIpc) is 2.94. The third kappa shape index (κ3) is 3.28. The summed E-state index contributed by atoms with van der Waals surface area (Å²) in [6.45, 7) is 1.65. The molecule has 0 atom stereocenters. The number of alkyl halides is 3. The van der Waals surface area contributed by atoms with Gasteiger partial charge in [0.05, 0.1) is 5.56 Å². The topological polar surface area (TPSA) is 76.7 Å². The van der Waals surface area contributed by atoms with E-state index in [1.165, 1.54) is 24.7 Å². The number of aromatic nitrogens is 4. The van der Waals surface area contributed by atoms with E-state index in [2.05, 4.69) is 25.4 Å². The zero-order valence-corrected chi connectivity index (χ0v) is 11.8. The predicted molar refractivity (Wildman–Crippen MR) is 74.8 cm³/mol. The lowest BCUT2D eigenvalue weighted by Crippen LogP contribution is -2.05. The molecule has 3 rings (SSSR count). The van der Waals surface area contributed by atoms with Gasteiger partial charge in [-0.25, -0.2) is 9.97 Å². The molecule has 0 unspecified atom stereocenters. The molecule has 0 radical (unpaired) electrons. The lowest BCUT2D eigenvalue weighted by Gasteiger charge is -2.11. The molecule has 0 spiro atoms. The molecule has 0 aliphatic rings. The molecule has 23 heavy (non-hydrogen) atoms. The van der Waals surface area contributed by atoms with Gasteiger partial charge in [0.15, 0.2) is 5.82 Å². The second-order valence-electron chi connectivity index (χ2n) is 4.64. The molecule has 9 heteroatoms. The summed E-state index contributed by atoms with van der Waals surface area (Å²) in [6.07, 6.45) is -1.71. The molecule has 3 aromatic rings. The molecule has 0 amide bonds. The SMILES string of the molecule is Cc1noc(-c2cncnc2Nc2cccc(C(F)(F)F)c2)n1. The maximum Gasteiger partial charge on any atom is 0.416 e. The average molecular weight is 321 g/mol. The Bertz CT molecular complexity index is 831. The lowest BCUT2D eigenvalue weighted by atomic mass is 10.2. The largest absolute Gasteiger partial charge is 0.416 e. The van der Waals surface area contributed by atoms with E-state index in [1.807, 2.05) is 0 Å². The van der Waals surface area contributed by atoms with Gasteiger partial charge in [0.1, 0.15) is 17.7 Å². The molecule has 0 saturated carbocycles. The Balaban J connectivity index is 1.95. The van der Waals surface area contributed by atoms with Crippen LogP contribution in [0, 0.1) is 6.92 Å². The Morgan fingerprint density at radius 2 is 2.04 bits per heavy atom. The van der Waals surface area contributed by atoms with Crippen LogP contribution in [-0.2, 0) is 6.18 Å². The normalized spacial score (nSPS) is 11.5. The van der Waals surface area contributed by atoms with Crippen molar-refractivity contribution in [2.75, 3.05) is 5.32 Å². The van der Waals surface area contributed by atoms with Crippen molar-refractivity contribution in [3.63, 3.8) is 0 Å². The number of anilines is 2. The van der Waals surface area contributed by atoms with E-state index in [-0.39, 0.29) is 17.4 Å². The van der Waals surface area contributed by atoms with Crippen LogP contribution in [0.3, 0.4) is 0 Å². The van der Waals surface area contributed by atoms with Gasteiger partial charge in [-0.2, -0.15) is 18.2 Å². The van der Waals surface area contributed by atoms with E-state index < -0.39 is 11.7 Å². The third-order valence-corrected chi connectivity index (χ3v) is 2.92. The third-order valence-electron chi connectivity index (χ3n) is 2.92. The Labute approximate surface area is 128 Å². The van der Waals surface area contributed by atoms with Crippen molar-refractivity contribution in [3.05, 3.63) is 48.2 Å². The highest BCUT2D eigenvalue weighted by Gasteiger charge is 2.30. The molecule has 118 valence electrons. The van der Waals surface area contributed by atoms with Crippen molar-refractivity contribution in [1.82, 2.24) is 20.1 Å². The van der Waals surface area contributed by atoms with Crippen LogP contribution >= 0.6 is 0 Å². The summed E-state index contributed by atoms with van der Waals surface area (Å²) in [4.78, 5) is 12.0. The number of nitrogens with one attached hydrogen (secondary N) is 1. The smallest absolute Gasteiger partial charge is 0.339 e. The molecule has 0 aliphatic heterocycles. The van der Waals surface area contributed by atoms with Gasteiger partial charge in [-0.15, -0.1) is 0 Å². The van der Waals surface area contributed by atoms with Gasteiger partial charge in [0, 0.05) is 11.9 Å². The van der Waals surface area contributed by atoms with Crippen LogP contribution in [0.1, 0.15) is 11.4 Å². The molecule has 1 aromatic carbocycles. The Hall–Kier alpha value is -2.97. The minimum absolute atomic E-state index is 0.178. The van der Waals surface area contributed by atoms with Gasteiger partial charge < -0.3 is 9.84 Å². The zero-order valence-electron chi connectivity index (χ0n) is 11.8. The highest BCUT2D eigenvalue weighted by Crippen LogP contribution is 2.32. The van der Waals surface area contributed by atoms with E-state index >= 15 is 0 Å². The van der Waals surface area contributed by atoms with E-state index in [0.29, 0.717) is 11.4 Å². The van der Waals surface area contributed by atoms with E-state index in [4.69, 9.17) is 4.52 Å². The van der Waals surface area contributed by atoms with Crippen molar-refractivity contribution >= 4 is 11.5 Å². The molecular formula is C14H10F3N5O. The Morgan fingerprint density at radius 1 is 1.22 bits per heavy atom. The number of halogens is 3. The summed E-state index contributed by atoms with van der Waals surface area (Å²) >= 11 is 0. The first-order valence-corrected chi connectivity index (χ1v) is 6.48. The van der Waals surface area contributed by atoms with Crippen LogP contribution in [0.4, 0.5) is 24.7 Å². The minimum Gasteiger partial charge on any atom is -0.339 e. The van der Waals surface area contributed by atoms with Crippen LogP contribution < -0.4 is 5.32 Å². The van der Waals surface area contributed by atoms with Gasteiger partial charge >= 0.3 is 6.18 Å². The highest BCUT2D eigenvalue weighted by atomic mass is 19.4. The molecule has 0 saturated heterocycles. The minimum atomic E-state index is -4.42. The summed E-state index contributed by atoms with van der Waals surface area (Å²) in [5, 5.41) is 6.48. The molecule has 1 N–H and O–H groups in total. The van der Waals surface area contributed by atoms with Gasteiger partial charge in [0.25, 0.3) is 5.89 Å². The molecule has 0 aliphatic carbocycles. The predicted octanol–water partition coefficient (Wildman–Crippen LogP) is 3.60. The zero-order chi connectivity index (χ0) is 16.4. The quantitative estimate of drug-likeness (QED) is 0.794. The fourth-order valence-electron chi connectivity index (χ4n) is 1.90. The number of rotatable bonds is 3. The first kappa shape index (κ1) is 14.9.